The Balaban J connectivity index is 0.00000144. The van der Waals surface area contributed by atoms with Gasteiger partial charge in [0.1, 0.15) is 0 Å². The highest BCUT2D eigenvalue weighted by molar-refractivity contribution is 7.10. The van der Waals surface area contributed by atoms with Crippen LogP contribution in [0.2, 0.25) is 0 Å². The molecule has 0 saturated carbocycles. The van der Waals surface area contributed by atoms with Gasteiger partial charge >= 0.3 is 0 Å². The van der Waals surface area contributed by atoms with Crippen molar-refractivity contribution < 1.29 is 5.11 Å². The Labute approximate surface area is 85.8 Å². The highest BCUT2D eigenvalue weighted by Gasteiger charge is 2.07. The second kappa shape index (κ2) is 6.19. The number of aliphatic hydroxyl groups excluding tert-OH is 1. The van der Waals surface area contributed by atoms with E-state index >= 15 is 0 Å². The van der Waals surface area contributed by atoms with Gasteiger partial charge in [-0.25, -0.2) is 0 Å². The van der Waals surface area contributed by atoms with E-state index in [1.54, 1.807) is 11.3 Å². The molecular formula is C9H18BNOS. The lowest BCUT2D eigenvalue weighted by Gasteiger charge is -2.12. The molecule has 0 fully saturated rings. The summed E-state index contributed by atoms with van der Waals surface area (Å²) in [6.07, 6.45) is 0.528. The summed E-state index contributed by atoms with van der Waals surface area (Å²) in [4.78, 5) is 3.15. The highest BCUT2D eigenvalue weighted by Crippen LogP contribution is 2.21. The van der Waals surface area contributed by atoms with Gasteiger partial charge in [-0.2, -0.15) is 0 Å². The third kappa shape index (κ3) is 4.46. The molecule has 1 aromatic rings. The van der Waals surface area contributed by atoms with E-state index in [-0.39, 0.29) is 14.5 Å². The molecule has 0 amide bonds. The summed E-state index contributed by atoms with van der Waals surface area (Å²) in [5.74, 6) is 0. The average Bonchev–Trinajstić information content (AvgIpc) is 2.51. The van der Waals surface area contributed by atoms with Crippen LogP contribution in [-0.4, -0.2) is 39.1 Å². The molecule has 1 atom stereocenters. The lowest BCUT2D eigenvalue weighted by atomic mass is 10.2. The van der Waals surface area contributed by atoms with Crippen LogP contribution in [-0.2, 0) is 0 Å². The normalized spacial score (nSPS) is 12.6. The van der Waals surface area contributed by atoms with Crippen molar-refractivity contribution in [2.45, 2.75) is 12.5 Å². The summed E-state index contributed by atoms with van der Waals surface area (Å²) < 4.78 is 0. The maximum atomic E-state index is 9.64. The lowest BCUT2D eigenvalue weighted by molar-refractivity contribution is 0.158. The summed E-state index contributed by atoms with van der Waals surface area (Å²) in [6.45, 7) is 0.930. The van der Waals surface area contributed by atoms with Crippen LogP contribution in [0.1, 0.15) is 17.4 Å². The van der Waals surface area contributed by atoms with Crippen molar-refractivity contribution in [3.63, 3.8) is 0 Å². The third-order valence-electron chi connectivity index (χ3n) is 1.72. The second-order valence-corrected chi connectivity index (χ2v) is 4.10. The molecule has 0 radical (unpaired) electrons. The fourth-order valence-electron chi connectivity index (χ4n) is 1.00. The average molecular weight is 199 g/mol. The van der Waals surface area contributed by atoms with Gasteiger partial charge in [0, 0.05) is 11.4 Å². The van der Waals surface area contributed by atoms with Gasteiger partial charge in [0.15, 0.2) is 0 Å². The van der Waals surface area contributed by atoms with Crippen LogP contribution in [0.4, 0.5) is 0 Å². The van der Waals surface area contributed by atoms with Gasteiger partial charge in [0.2, 0.25) is 0 Å². The van der Waals surface area contributed by atoms with Crippen molar-refractivity contribution in [2.24, 2.45) is 0 Å². The Morgan fingerprint density at radius 3 is 2.69 bits per heavy atom. The van der Waals surface area contributed by atoms with Crippen molar-refractivity contribution in [3.8, 4) is 0 Å². The maximum absolute atomic E-state index is 9.64. The molecule has 0 aliphatic carbocycles. The Bertz CT molecular complexity index is 213. The Hall–Kier alpha value is -0.315. The zero-order valence-electron chi connectivity index (χ0n) is 7.53. The van der Waals surface area contributed by atoms with E-state index in [1.807, 2.05) is 31.6 Å². The fourth-order valence-corrected chi connectivity index (χ4v) is 1.75. The molecule has 4 heteroatoms. The molecule has 74 valence electrons. The van der Waals surface area contributed by atoms with Crippen LogP contribution in [0.5, 0.6) is 0 Å². The summed E-state index contributed by atoms with van der Waals surface area (Å²) >= 11 is 1.61. The van der Waals surface area contributed by atoms with Crippen molar-refractivity contribution in [2.75, 3.05) is 20.6 Å². The van der Waals surface area contributed by atoms with Gasteiger partial charge in [0.05, 0.1) is 14.5 Å². The largest absolute Gasteiger partial charge is 0.388 e. The van der Waals surface area contributed by atoms with Crippen LogP contribution in [0.3, 0.4) is 0 Å². The Kier molecular flexibility index (Phi) is 6.04. The summed E-state index contributed by atoms with van der Waals surface area (Å²) in [6, 6.07) is 3.95. The van der Waals surface area contributed by atoms with Crippen LogP contribution >= 0.6 is 11.3 Å². The van der Waals surface area contributed by atoms with Crippen LogP contribution in [0.25, 0.3) is 0 Å². The molecule has 0 aromatic carbocycles. The van der Waals surface area contributed by atoms with E-state index in [2.05, 4.69) is 4.90 Å². The minimum absolute atomic E-state index is 0. The van der Waals surface area contributed by atoms with E-state index in [4.69, 9.17) is 0 Å². The summed E-state index contributed by atoms with van der Waals surface area (Å²) in [5, 5.41) is 11.6. The first-order valence-corrected chi connectivity index (χ1v) is 4.94. The molecule has 2 nitrogen and oxygen atoms in total. The number of aliphatic hydroxyl groups is 1. The molecule has 0 aliphatic rings. The van der Waals surface area contributed by atoms with Crippen molar-refractivity contribution in [1.82, 2.24) is 4.90 Å². The molecule has 1 N–H and O–H groups in total. The molecule has 1 aromatic heterocycles. The molecular weight excluding hydrogens is 181 g/mol. The smallest absolute Gasteiger partial charge is 0.0894 e. The van der Waals surface area contributed by atoms with Crippen molar-refractivity contribution in [3.05, 3.63) is 22.4 Å². The van der Waals surface area contributed by atoms with Crippen molar-refractivity contribution in [1.29, 1.82) is 0 Å². The van der Waals surface area contributed by atoms with Crippen LogP contribution < -0.4 is 0 Å². The van der Waals surface area contributed by atoms with E-state index in [0.717, 1.165) is 17.8 Å². The second-order valence-electron chi connectivity index (χ2n) is 3.12. The van der Waals surface area contributed by atoms with Gasteiger partial charge in [-0.1, -0.05) is 6.07 Å². The predicted octanol–water partition coefficient (Wildman–Crippen LogP) is 0.549. The first-order chi connectivity index (χ1) is 5.70. The van der Waals surface area contributed by atoms with E-state index in [1.165, 1.54) is 0 Å². The van der Waals surface area contributed by atoms with E-state index < -0.39 is 0 Å². The molecule has 0 bridgehead atoms. The first kappa shape index (κ1) is 12.7. The topological polar surface area (TPSA) is 23.5 Å². The minimum atomic E-state index is -0.285. The monoisotopic (exact) mass is 199 g/mol. The predicted molar refractivity (Wildman–Crippen MR) is 62.4 cm³/mol. The molecule has 0 saturated heterocycles. The molecule has 13 heavy (non-hydrogen) atoms. The van der Waals surface area contributed by atoms with Gasteiger partial charge in [0.25, 0.3) is 0 Å². The van der Waals surface area contributed by atoms with Gasteiger partial charge < -0.3 is 10.0 Å². The number of thiophene rings is 1. The van der Waals surface area contributed by atoms with Crippen molar-refractivity contribution >= 4 is 19.7 Å². The zero-order valence-corrected chi connectivity index (χ0v) is 8.34. The molecule has 1 rings (SSSR count). The van der Waals surface area contributed by atoms with E-state index in [9.17, 15) is 5.11 Å². The standard InChI is InChI=1S/C9H15NOS.BH3/c1-10(2)6-5-8(11)9-4-3-7-12-9;/h3-4,7-8,11H,5-6H2,1-2H3;1H3. The molecule has 0 aliphatic heterocycles. The lowest BCUT2D eigenvalue weighted by Crippen LogP contribution is -2.15. The summed E-state index contributed by atoms with van der Waals surface area (Å²) in [5.41, 5.74) is 0. The maximum Gasteiger partial charge on any atom is 0.0894 e. The number of rotatable bonds is 4. The summed E-state index contributed by atoms with van der Waals surface area (Å²) in [7, 11) is 4.03. The van der Waals surface area contributed by atoms with Crippen LogP contribution in [0.15, 0.2) is 17.5 Å². The SMILES string of the molecule is B.CN(C)CCC(O)c1cccs1. The van der Waals surface area contributed by atoms with Gasteiger partial charge in [-0.05, 0) is 32.0 Å². The first-order valence-electron chi connectivity index (χ1n) is 4.06. The third-order valence-corrected chi connectivity index (χ3v) is 2.69. The highest BCUT2D eigenvalue weighted by atomic mass is 32.1. The zero-order chi connectivity index (χ0) is 8.97. The Morgan fingerprint density at radius 2 is 2.23 bits per heavy atom. The number of hydrogen-bond donors (Lipinski definition) is 1. The minimum Gasteiger partial charge on any atom is -0.388 e. The van der Waals surface area contributed by atoms with Gasteiger partial charge in [-0.15, -0.1) is 11.3 Å². The molecule has 1 unspecified atom stereocenters. The number of nitrogens with zero attached hydrogens (tertiary/aromatic N) is 1. The van der Waals surface area contributed by atoms with Gasteiger partial charge in [-0.3, -0.25) is 0 Å². The van der Waals surface area contributed by atoms with Crippen LogP contribution in [0, 0.1) is 0 Å². The molecule has 1 heterocycles. The quantitative estimate of drug-likeness (QED) is 0.716. The molecule has 0 spiro atoms. The Morgan fingerprint density at radius 1 is 1.54 bits per heavy atom. The number of hydrogen-bond acceptors (Lipinski definition) is 3. The van der Waals surface area contributed by atoms with E-state index in [0.29, 0.717) is 0 Å². The fraction of sp³-hybridized carbons (Fsp3) is 0.556.